The maximum Gasteiger partial charge on any atom is 0.325 e. The number of nitrogens with zero attached hydrogens (tertiary/aromatic N) is 1. The minimum atomic E-state index is -1.22. The summed E-state index contributed by atoms with van der Waals surface area (Å²) in [6.07, 6.45) is 0. The minimum absolute atomic E-state index is 0.277. The molecule has 1 unspecified atom stereocenters. The van der Waals surface area contributed by atoms with Crippen LogP contribution in [0.5, 0.6) is 5.75 Å². The molecule has 2 aromatic rings. The van der Waals surface area contributed by atoms with E-state index < -0.39 is 17.5 Å². The second-order valence-electron chi connectivity index (χ2n) is 6.90. The van der Waals surface area contributed by atoms with E-state index in [1.165, 1.54) is 0 Å². The molecule has 0 aromatic heterocycles. The first kappa shape index (κ1) is 18.6. The van der Waals surface area contributed by atoms with Gasteiger partial charge in [0.1, 0.15) is 11.3 Å². The number of amides is 3. The number of ketones is 1. The molecule has 1 aliphatic heterocycles. The van der Waals surface area contributed by atoms with E-state index in [0.717, 1.165) is 16.0 Å². The lowest BCUT2D eigenvalue weighted by atomic mass is 9.92. The zero-order valence-electron chi connectivity index (χ0n) is 15.8. The topological polar surface area (TPSA) is 75.7 Å². The van der Waals surface area contributed by atoms with Crippen molar-refractivity contribution >= 4 is 17.7 Å². The first-order valence-corrected chi connectivity index (χ1v) is 8.65. The Morgan fingerprint density at radius 2 is 1.74 bits per heavy atom. The van der Waals surface area contributed by atoms with Crippen LogP contribution >= 0.6 is 0 Å². The quantitative estimate of drug-likeness (QED) is 0.652. The number of Topliss-reactive ketones (excluding diaryl/α,β-unsaturated/α-hetero) is 1. The molecule has 1 fully saturated rings. The van der Waals surface area contributed by atoms with Gasteiger partial charge in [-0.05, 0) is 55.7 Å². The molecule has 1 heterocycles. The average molecular weight is 366 g/mol. The van der Waals surface area contributed by atoms with Gasteiger partial charge in [-0.25, -0.2) is 4.79 Å². The Labute approximate surface area is 158 Å². The summed E-state index contributed by atoms with van der Waals surface area (Å²) < 4.78 is 5.13. The molecule has 27 heavy (non-hydrogen) atoms. The van der Waals surface area contributed by atoms with Gasteiger partial charge in [-0.1, -0.05) is 24.3 Å². The molecule has 2 aromatic carbocycles. The molecule has 1 aliphatic rings. The molecule has 1 saturated heterocycles. The number of benzene rings is 2. The monoisotopic (exact) mass is 366 g/mol. The van der Waals surface area contributed by atoms with E-state index >= 15 is 0 Å². The predicted molar refractivity (Wildman–Crippen MR) is 101 cm³/mol. The third-order valence-corrected chi connectivity index (χ3v) is 5.07. The molecule has 0 spiro atoms. The number of hydrogen-bond donors (Lipinski definition) is 1. The summed E-state index contributed by atoms with van der Waals surface area (Å²) in [7, 11) is 1.55. The third kappa shape index (κ3) is 3.30. The second kappa shape index (κ2) is 6.87. The normalized spacial score (nSPS) is 19.2. The van der Waals surface area contributed by atoms with E-state index in [2.05, 4.69) is 5.32 Å². The van der Waals surface area contributed by atoms with E-state index in [9.17, 15) is 14.4 Å². The molecule has 1 N–H and O–H groups in total. The van der Waals surface area contributed by atoms with E-state index in [4.69, 9.17) is 4.74 Å². The summed E-state index contributed by atoms with van der Waals surface area (Å²) in [6, 6.07) is 11.7. The molecular formula is C21H22N2O4. The third-order valence-electron chi connectivity index (χ3n) is 5.07. The first-order chi connectivity index (χ1) is 12.8. The Balaban J connectivity index is 1.82. The Bertz CT molecular complexity index is 920. The van der Waals surface area contributed by atoms with Crippen LogP contribution in [0.25, 0.3) is 0 Å². The van der Waals surface area contributed by atoms with Crippen molar-refractivity contribution in [3.8, 4) is 5.75 Å². The fraction of sp³-hybridized carbons (Fsp3) is 0.286. The number of carbonyl (C=O) groups excluding carboxylic acids is 3. The number of urea groups is 1. The summed E-state index contributed by atoms with van der Waals surface area (Å²) in [5.41, 5.74) is 1.96. The van der Waals surface area contributed by atoms with Gasteiger partial charge in [-0.3, -0.25) is 14.5 Å². The van der Waals surface area contributed by atoms with Crippen LogP contribution < -0.4 is 10.1 Å². The zero-order chi connectivity index (χ0) is 19.8. The van der Waals surface area contributed by atoms with Gasteiger partial charge in [0, 0.05) is 5.56 Å². The molecule has 3 rings (SSSR count). The number of ether oxygens (including phenoxy) is 1. The highest BCUT2D eigenvalue weighted by molar-refractivity contribution is 6.11. The Hall–Kier alpha value is -3.15. The maximum atomic E-state index is 12.9. The van der Waals surface area contributed by atoms with Crippen LogP contribution in [0.2, 0.25) is 0 Å². The number of carbonyl (C=O) groups is 3. The molecule has 0 saturated carbocycles. The largest absolute Gasteiger partial charge is 0.497 e. The van der Waals surface area contributed by atoms with Crippen molar-refractivity contribution in [2.75, 3.05) is 13.7 Å². The van der Waals surface area contributed by atoms with E-state index in [0.29, 0.717) is 16.9 Å². The number of nitrogens with one attached hydrogen (secondary N) is 1. The standard InChI is InChI=1S/C21H22N2O4/c1-13-5-6-15(11-14(13)2)18(24)12-23-19(25)21(3,22-20(23)26)16-7-9-17(27-4)10-8-16/h5-11H,12H2,1-4H3,(H,22,26). The van der Waals surface area contributed by atoms with Crippen molar-refractivity contribution < 1.29 is 19.1 Å². The summed E-state index contributed by atoms with van der Waals surface area (Å²) in [4.78, 5) is 38.9. The van der Waals surface area contributed by atoms with Crippen LogP contribution in [0.3, 0.4) is 0 Å². The van der Waals surface area contributed by atoms with Gasteiger partial charge in [0.15, 0.2) is 5.78 Å². The van der Waals surface area contributed by atoms with Crippen LogP contribution in [0.4, 0.5) is 4.79 Å². The van der Waals surface area contributed by atoms with Gasteiger partial charge in [0.2, 0.25) is 0 Å². The summed E-state index contributed by atoms with van der Waals surface area (Å²) >= 11 is 0. The van der Waals surface area contributed by atoms with Gasteiger partial charge >= 0.3 is 6.03 Å². The molecule has 6 heteroatoms. The number of rotatable bonds is 5. The van der Waals surface area contributed by atoms with Gasteiger partial charge in [-0.15, -0.1) is 0 Å². The Kier molecular flexibility index (Phi) is 4.74. The van der Waals surface area contributed by atoms with Crippen LogP contribution in [-0.2, 0) is 10.3 Å². The highest BCUT2D eigenvalue weighted by Crippen LogP contribution is 2.30. The SMILES string of the molecule is COc1ccc(C2(C)NC(=O)N(CC(=O)c3ccc(C)c(C)c3)C2=O)cc1. The Morgan fingerprint density at radius 3 is 2.33 bits per heavy atom. The average Bonchev–Trinajstić information content (AvgIpc) is 2.88. The fourth-order valence-corrected chi connectivity index (χ4v) is 3.11. The maximum absolute atomic E-state index is 12.9. The molecule has 0 aliphatic carbocycles. The van der Waals surface area contributed by atoms with Crippen molar-refractivity contribution in [2.24, 2.45) is 0 Å². The predicted octanol–water partition coefficient (Wildman–Crippen LogP) is 2.96. The highest BCUT2D eigenvalue weighted by atomic mass is 16.5. The number of methoxy groups -OCH3 is 1. The molecule has 3 amide bonds. The van der Waals surface area contributed by atoms with Gasteiger partial charge in [0.05, 0.1) is 13.7 Å². The van der Waals surface area contributed by atoms with E-state index in [-0.39, 0.29) is 12.3 Å². The minimum Gasteiger partial charge on any atom is -0.497 e. The van der Waals surface area contributed by atoms with Crippen LogP contribution in [0.1, 0.15) is 34.0 Å². The van der Waals surface area contributed by atoms with Gasteiger partial charge in [-0.2, -0.15) is 0 Å². The molecule has 1 atom stereocenters. The van der Waals surface area contributed by atoms with Crippen molar-refractivity contribution in [1.82, 2.24) is 10.2 Å². The van der Waals surface area contributed by atoms with Crippen molar-refractivity contribution in [3.05, 3.63) is 64.7 Å². The lowest BCUT2D eigenvalue weighted by Crippen LogP contribution is -2.41. The number of aryl methyl sites for hydroxylation is 2. The highest BCUT2D eigenvalue weighted by Gasteiger charge is 2.49. The molecule has 140 valence electrons. The molecular weight excluding hydrogens is 344 g/mol. The molecule has 0 bridgehead atoms. The van der Waals surface area contributed by atoms with Crippen LogP contribution in [0.15, 0.2) is 42.5 Å². The van der Waals surface area contributed by atoms with E-state index in [1.54, 1.807) is 50.4 Å². The second-order valence-corrected chi connectivity index (χ2v) is 6.90. The number of imide groups is 1. The fourth-order valence-electron chi connectivity index (χ4n) is 3.11. The molecule has 6 nitrogen and oxygen atoms in total. The smallest absolute Gasteiger partial charge is 0.325 e. The summed E-state index contributed by atoms with van der Waals surface area (Å²) in [5.74, 6) is -0.0728. The lowest BCUT2D eigenvalue weighted by molar-refractivity contribution is -0.130. The van der Waals surface area contributed by atoms with Crippen LogP contribution in [0, 0.1) is 13.8 Å². The first-order valence-electron chi connectivity index (χ1n) is 8.65. The Morgan fingerprint density at radius 1 is 1.07 bits per heavy atom. The van der Waals surface area contributed by atoms with Crippen molar-refractivity contribution in [1.29, 1.82) is 0 Å². The zero-order valence-corrected chi connectivity index (χ0v) is 15.8. The van der Waals surface area contributed by atoms with Crippen molar-refractivity contribution in [3.63, 3.8) is 0 Å². The summed E-state index contributed by atoms with van der Waals surface area (Å²) in [6.45, 7) is 5.22. The van der Waals surface area contributed by atoms with Crippen LogP contribution in [-0.4, -0.2) is 36.3 Å². The lowest BCUT2D eigenvalue weighted by Gasteiger charge is -2.22. The van der Waals surface area contributed by atoms with Gasteiger partial charge in [0.25, 0.3) is 5.91 Å². The summed E-state index contributed by atoms with van der Waals surface area (Å²) in [5, 5.41) is 2.71. The van der Waals surface area contributed by atoms with Gasteiger partial charge < -0.3 is 10.1 Å². The molecule has 0 radical (unpaired) electrons. The van der Waals surface area contributed by atoms with E-state index in [1.807, 2.05) is 19.9 Å². The van der Waals surface area contributed by atoms with Crippen molar-refractivity contribution in [2.45, 2.75) is 26.3 Å². The number of hydrogen-bond acceptors (Lipinski definition) is 4.